The summed E-state index contributed by atoms with van der Waals surface area (Å²) in [4.78, 5) is 24.5. The molecule has 168 valence electrons. The first kappa shape index (κ1) is 22.8. The van der Waals surface area contributed by atoms with Crippen molar-refractivity contribution < 1.29 is 23.4 Å². The van der Waals surface area contributed by atoms with E-state index in [0.717, 1.165) is 10.2 Å². The van der Waals surface area contributed by atoms with Crippen molar-refractivity contribution in [3.05, 3.63) is 70.3 Å². The Morgan fingerprint density at radius 2 is 1.72 bits per heavy atom. The highest BCUT2D eigenvalue weighted by Gasteiger charge is 2.12. The molecule has 0 aliphatic carbocycles. The van der Waals surface area contributed by atoms with Gasteiger partial charge in [0.05, 0.1) is 27.0 Å². The van der Waals surface area contributed by atoms with E-state index in [1.807, 2.05) is 12.1 Å². The summed E-state index contributed by atoms with van der Waals surface area (Å²) < 4.78 is 30.2. The third-order valence-corrected chi connectivity index (χ3v) is 4.78. The summed E-state index contributed by atoms with van der Waals surface area (Å²) in [5.41, 5.74) is 1.43. The lowest BCUT2D eigenvalue weighted by Gasteiger charge is -2.11. The van der Waals surface area contributed by atoms with Crippen LogP contribution in [0.3, 0.4) is 0 Å². The van der Waals surface area contributed by atoms with Gasteiger partial charge >= 0.3 is 0 Å². The predicted molar refractivity (Wildman–Crippen MR) is 117 cm³/mol. The molecule has 0 spiro atoms. The van der Waals surface area contributed by atoms with Crippen LogP contribution in [-0.4, -0.2) is 43.6 Å². The first-order valence-electron chi connectivity index (χ1n) is 9.85. The summed E-state index contributed by atoms with van der Waals surface area (Å²) in [5.74, 6) is 0.710. The van der Waals surface area contributed by atoms with Crippen LogP contribution in [0.25, 0.3) is 11.3 Å². The number of carbonyl (C=O) groups is 1. The standard InChI is InChI=1S/C23H24FN3O5/c1-30-19-8-4-15(12-21(19)32-3)10-11-25-22(28)14-27-23(29)9-7-18(26-27)17-6-5-16(24)13-20(17)31-2/h4-9,12-13H,10-11,14H2,1-3H3,(H,25,28). The fourth-order valence-electron chi connectivity index (χ4n) is 3.16. The van der Waals surface area contributed by atoms with Gasteiger partial charge in [0.1, 0.15) is 18.1 Å². The molecule has 8 nitrogen and oxygen atoms in total. The minimum atomic E-state index is -0.451. The molecule has 3 aromatic rings. The Kier molecular flexibility index (Phi) is 7.43. The molecule has 1 aromatic heterocycles. The minimum Gasteiger partial charge on any atom is -0.496 e. The van der Waals surface area contributed by atoms with Gasteiger partial charge in [-0.1, -0.05) is 6.07 Å². The highest BCUT2D eigenvalue weighted by atomic mass is 19.1. The first-order valence-corrected chi connectivity index (χ1v) is 9.85. The molecule has 0 bridgehead atoms. The number of benzene rings is 2. The van der Waals surface area contributed by atoms with Crippen LogP contribution in [-0.2, 0) is 17.8 Å². The Hall–Kier alpha value is -3.88. The summed E-state index contributed by atoms with van der Waals surface area (Å²) in [7, 11) is 4.54. The fourth-order valence-corrected chi connectivity index (χ4v) is 3.16. The van der Waals surface area contributed by atoms with E-state index in [0.29, 0.717) is 35.7 Å². The van der Waals surface area contributed by atoms with Crippen LogP contribution < -0.4 is 25.1 Å². The van der Waals surface area contributed by atoms with Gasteiger partial charge in [-0.3, -0.25) is 9.59 Å². The highest BCUT2D eigenvalue weighted by molar-refractivity contribution is 5.75. The molecule has 0 saturated heterocycles. The number of hydrogen-bond acceptors (Lipinski definition) is 6. The average molecular weight is 441 g/mol. The topological polar surface area (TPSA) is 91.7 Å². The minimum absolute atomic E-state index is 0.248. The molecule has 32 heavy (non-hydrogen) atoms. The maximum atomic E-state index is 13.5. The number of nitrogens with one attached hydrogen (secondary N) is 1. The summed E-state index contributed by atoms with van der Waals surface area (Å²) in [6, 6.07) is 12.4. The number of carbonyl (C=O) groups excluding carboxylic acids is 1. The van der Waals surface area contributed by atoms with Crippen LogP contribution in [0, 0.1) is 5.82 Å². The van der Waals surface area contributed by atoms with Crippen LogP contribution >= 0.6 is 0 Å². The predicted octanol–water partition coefficient (Wildman–Crippen LogP) is 2.43. The SMILES string of the molecule is COc1ccc(CCNC(=O)Cn2nc(-c3ccc(F)cc3OC)ccc2=O)cc1OC. The second-order valence-corrected chi connectivity index (χ2v) is 6.85. The molecule has 0 aliphatic rings. The van der Waals surface area contributed by atoms with E-state index in [-0.39, 0.29) is 18.2 Å². The second kappa shape index (κ2) is 10.4. The van der Waals surface area contributed by atoms with Crippen LogP contribution in [0.4, 0.5) is 4.39 Å². The number of halogens is 1. The molecule has 1 N–H and O–H groups in total. The quantitative estimate of drug-likeness (QED) is 0.549. The van der Waals surface area contributed by atoms with Gasteiger partial charge in [0, 0.05) is 24.2 Å². The molecule has 0 saturated carbocycles. The smallest absolute Gasteiger partial charge is 0.267 e. The number of hydrogen-bond donors (Lipinski definition) is 1. The van der Waals surface area contributed by atoms with Crippen molar-refractivity contribution in [2.24, 2.45) is 0 Å². The number of nitrogens with zero attached hydrogens (tertiary/aromatic N) is 2. The van der Waals surface area contributed by atoms with E-state index in [4.69, 9.17) is 14.2 Å². The highest BCUT2D eigenvalue weighted by Crippen LogP contribution is 2.29. The zero-order chi connectivity index (χ0) is 23.1. The van der Waals surface area contributed by atoms with Crippen molar-refractivity contribution in [3.63, 3.8) is 0 Å². The molecule has 3 rings (SSSR count). The Balaban J connectivity index is 1.65. The lowest BCUT2D eigenvalue weighted by molar-refractivity contribution is -0.121. The van der Waals surface area contributed by atoms with Gasteiger partial charge in [-0.2, -0.15) is 5.10 Å². The van der Waals surface area contributed by atoms with Gasteiger partial charge in [-0.25, -0.2) is 9.07 Å². The van der Waals surface area contributed by atoms with Crippen molar-refractivity contribution in [2.75, 3.05) is 27.9 Å². The molecule has 2 aromatic carbocycles. The molecular formula is C23H24FN3O5. The van der Waals surface area contributed by atoms with Crippen molar-refractivity contribution in [2.45, 2.75) is 13.0 Å². The molecule has 0 atom stereocenters. The van der Waals surface area contributed by atoms with Gasteiger partial charge in [-0.05, 0) is 42.3 Å². The molecule has 9 heteroatoms. The van der Waals surface area contributed by atoms with Gasteiger partial charge in [0.2, 0.25) is 5.91 Å². The third-order valence-electron chi connectivity index (χ3n) is 4.78. The Bertz CT molecular complexity index is 1160. The lowest BCUT2D eigenvalue weighted by Crippen LogP contribution is -2.34. The zero-order valence-corrected chi connectivity index (χ0v) is 18.1. The van der Waals surface area contributed by atoms with E-state index in [9.17, 15) is 14.0 Å². The largest absolute Gasteiger partial charge is 0.496 e. The molecule has 1 heterocycles. The first-order chi connectivity index (χ1) is 15.4. The Labute approximate surface area is 184 Å². The van der Waals surface area contributed by atoms with Gasteiger partial charge in [-0.15, -0.1) is 0 Å². The van der Waals surface area contributed by atoms with Crippen molar-refractivity contribution in [1.82, 2.24) is 15.1 Å². The fraction of sp³-hybridized carbons (Fsp3) is 0.261. The van der Waals surface area contributed by atoms with E-state index >= 15 is 0 Å². The Morgan fingerprint density at radius 3 is 2.44 bits per heavy atom. The Morgan fingerprint density at radius 1 is 0.969 bits per heavy atom. The summed E-state index contributed by atoms with van der Waals surface area (Å²) in [6.45, 7) is 0.122. The van der Waals surface area contributed by atoms with Crippen LogP contribution in [0.15, 0.2) is 53.3 Å². The third kappa shape index (κ3) is 5.42. The van der Waals surface area contributed by atoms with Crippen LogP contribution in [0.5, 0.6) is 17.2 Å². The van der Waals surface area contributed by atoms with E-state index in [1.54, 1.807) is 20.3 Å². The van der Waals surface area contributed by atoms with Gasteiger partial charge < -0.3 is 19.5 Å². The molecule has 1 amide bonds. The van der Waals surface area contributed by atoms with Crippen LogP contribution in [0.1, 0.15) is 5.56 Å². The monoisotopic (exact) mass is 441 g/mol. The number of methoxy groups -OCH3 is 3. The summed E-state index contributed by atoms with van der Waals surface area (Å²) in [5, 5.41) is 7.02. The van der Waals surface area contributed by atoms with Gasteiger partial charge in [0.25, 0.3) is 5.56 Å². The number of rotatable bonds is 9. The lowest BCUT2D eigenvalue weighted by atomic mass is 10.1. The second-order valence-electron chi connectivity index (χ2n) is 6.85. The molecule has 0 unspecified atom stereocenters. The maximum absolute atomic E-state index is 13.5. The maximum Gasteiger partial charge on any atom is 0.267 e. The van der Waals surface area contributed by atoms with E-state index < -0.39 is 11.4 Å². The zero-order valence-electron chi connectivity index (χ0n) is 18.1. The van der Waals surface area contributed by atoms with E-state index in [2.05, 4.69) is 10.4 Å². The van der Waals surface area contributed by atoms with E-state index in [1.165, 1.54) is 37.4 Å². The number of ether oxygens (including phenoxy) is 3. The molecule has 0 aliphatic heterocycles. The normalized spacial score (nSPS) is 10.5. The van der Waals surface area contributed by atoms with Crippen LogP contribution in [0.2, 0.25) is 0 Å². The van der Waals surface area contributed by atoms with Crippen molar-refractivity contribution in [1.29, 1.82) is 0 Å². The van der Waals surface area contributed by atoms with Crippen molar-refractivity contribution in [3.8, 4) is 28.5 Å². The number of aromatic nitrogens is 2. The molecule has 0 fully saturated rings. The summed E-state index contributed by atoms with van der Waals surface area (Å²) >= 11 is 0. The van der Waals surface area contributed by atoms with Crippen molar-refractivity contribution >= 4 is 5.91 Å². The van der Waals surface area contributed by atoms with Gasteiger partial charge in [0.15, 0.2) is 11.5 Å². The average Bonchev–Trinajstić information content (AvgIpc) is 2.80. The number of amides is 1. The molecule has 0 radical (unpaired) electrons. The summed E-state index contributed by atoms with van der Waals surface area (Å²) in [6.07, 6.45) is 0.571. The molecular weight excluding hydrogens is 417 g/mol.